The Morgan fingerprint density at radius 2 is 2.00 bits per heavy atom. The lowest BCUT2D eigenvalue weighted by atomic mass is 10.1. The van der Waals surface area contributed by atoms with Crippen molar-refractivity contribution < 1.29 is 4.52 Å². The first-order valence-electron chi connectivity index (χ1n) is 5.48. The zero-order chi connectivity index (χ0) is 11.0. The number of rotatable bonds is 3. The molecule has 16 heavy (non-hydrogen) atoms. The number of anilines is 1. The fourth-order valence-corrected chi connectivity index (χ4v) is 1.66. The molecule has 4 nitrogen and oxygen atoms in total. The van der Waals surface area contributed by atoms with Gasteiger partial charge in [0.2, 0.25) is 5.89 Å². The van der Waals surface area contributed by atoms with E-state index >= 15 is 0 Å². The minimum atomic E-state index is 0.545. The van der Waals surface area contributed by atoms with E-state index in [-0.39, 0.29) is 0 Å². The molecule has 0 spiro atoms. The van der Waals surface area contributed by atoms with E-state index in [0.29, 0.717) is 18.2 Å². The Bertz CT molecular complexity index is 485. The molecule has 0 saturated heterocycles. The predicted octanol–water partition coefficient (Wildman–Crippen LogP) is 2.12. The Morgan fingerprint density at radius 3 is 2.69 bits per heavy atom. The van der Waals surface area contributed by atoms with Gasteiger partial charge in [0.1, 0.15) is 0 Å². The van der Waals surface area contributed by atoms with Crippen molar-refractivity contribution in [3.8, 4) is 0 Å². The summed E-state index contributed by atoms with van der Waals surface area (Å²) in [5, 5.41) is 3.98. The molecule has 4 heteroatoms. The van der Waals surface area contributed by atoms with Gasteiger partial charge in [0.25, 0.3) is 0 Å². The summed E-state index contributed by atoms with van der Waals surface area (Å²) in [5.74, 6) is 2.10. The number of nitrogens with zero attached hydrogens (tertiary/aromatic N) is 2. The number of hydrogen-bond acceptors (Lipinski definition) is 4. The van der Waals surface area contributed by atoms with Gasteiger partial charge in [-0.3, -0.25) is 0 Å². The Kier molecular flexibility index (Phi) is 2.13. The van der Waals surface area contributed by atoms with Crippen LogP contribution < -0.4 is 5.73 Å². The smallest absolute Gasteiger partial charge is 0.231 e. The first-order chi connectivity index (χ1) is 7.81. The van der Waals surface area contributed by atoms with Gasteiger partial charge in [-0.15, -0.1) is 0 Å². The van der Waals surface area contributed by atoms with Gasteiger partial charge in [0, 0.05) is 11.6 Å². The largest absolute Gasteiger partial charge is 0.399 e. The highest BCUT2D eigenvalue weighted by Crippen LogP contribution is 2.38. The topological polar surface area (TPSA) is 64.9 Å². The minimum Gasteiger partial charge on any atom is -0.399 e. The number of nitrogens with two attached hydrogens (primary N) is 1. The molecule has 1 aromatic heterocycles. The van der Waals surface area contributed by atoms with E-state index in [2.05, 4.69) is 10.1 Å². The van der Waals surface area contributed by atoms with Crippen LogP contribution >= 0.6 is 0 Å². The van der Waals surface area contributed by atoms with Gasteiger partial charge < -0.3 is 10.3 Å². The second kappa shape index (κ2) is 3.63. The molecule has 1 aliphatic carbocycles. The predicted molar refractivity (Wildman–Crippen MR) is 59.9 cm³/mol. The van der Waals surface area contributed by atoms with Gasteiger partial charge >= 0.3 is 0 Å². The first-order valence-corrected chi connectivity index (χ1v) is 5.48. The molecular weight excluding hydrogens is 202 g/mol. The number of aromatic nitrogens is 2. The molecule has 82 valence electrons. The molecule has 0 atom stereocenters. The standard InChI is InChI=1S/C12H13N3O/c13-10-5-1-8(2-6-10)7-11-14-12(15-16-11)9-3-4-9/h1-2,5-6,9H,3-4,7,13H2. The van der Waals surface area contributed by atoms with Crippen molar-refractivity contribution in [3.63, 3.8) is 0 Å². The van der Waals surface area contributed by atoms with Gasteiger partial charge in [-0.05, 0) is 30.5 Å². The molecule has 1 aromatic carbocycles. The molecule has 2 N–H and O–H groups in total. The number of nitrogen functional groups attached to an aromatic ring is 1. The van der Waals surface area contributed by atoms with Crippen LogP contribution in [0.5, 0.6) is 0 Å². The monoisotopic (exact) mass is 215 g/mol. The normalized spacial score (nSPS) is 15.2. The third kappa shape index (κ3) is 1.91. The third-order valence-electron chi connectivity index (χ3n) is 2.76. The van der Waals surface area contributed by atoms with Crippen molar-refractivity contribution in [1.82, 2.24) is 10.1 Å². The highest BCUT2D eigenvalue weighted by atomic mass is 16.5. The second-order valence-corrected chi connectivity index (χ2v) is 4.24. The fourth-order valence-electron chi connectivity index (χ4n) is 1.66. The zero-order valence-electron chi connectivity index (χ0n) is 8.89. The summed E-state index contributed by atoms with van der Waals surface area (Å²) in [6.45, 7) is 0. The van der Waals surface area contributed by atoms with Crippen LogP contribution in [0.15, 0.2) is 28.8 Å². The molecule has 0 bridgehead atoms. The molecular formula is C12H13N3O. The maximum Gasteiger partial charge on any atom is 0.231 e. The van der Waals surface area contributed by atoms with Gasteiger partial charge in [0.05, 0.1) is 6.42 Å². The molecule has 1 fully saturated rings. The van der Waals surface area contributed by atoms with Gasteiger partial charge in [0.15, 0.2) is 5.82 Å². The molecule has 2 aromatic rings. The van der Waals surface area contributed by atoms with Crippen LogP contribution in [-0.4, -0.2) is 10.1 Å². The Hall–Kier alpha value is -1.84. The van der Waals surface area contributed by atoms with Gasteiger partial charge in [-0.2, -0.15) is 4.98 Å². The Balaban J connectivity index is 1.75. The maximum atomic E-state index is 5.62. The third-order valence-corrected chi connectivity index (χ3v) is 2.76. The number of hydrogen-bond donors (Lipinski definition) is 1. The summed E-state index contributed by atoms with van der Waals surface area (Å²) in [6, 6.07) is 7.73. The van der Waals surface area contributed by atoms with E-state index in [4.69, 9.17) is 10.3 Å². The fraction of sp³-hybridized carbons (Fsp3) is 0.333. The quantitative estimate of drug-likeness (QED) is 0.796. The average Bonchev–Trinajstić information content (AvgIpc) is 3.04. The molecule has 0 radical (unpaired) electrons. The molecule has 1 aliphatic rings. The SMILES string of the molecule is Nc1ccc(Cc2nc(C3CC3)no2)cc1. The van der Waals surface area contributed by atoms with Crippen molar-refractivity contribution in [1.29, 1.82) is 0 Å². The molecule has 3 rings (SSSR count). The lowest BCUT2D eigenvalue weighted by molar-refractivity contribution is 0.379. The molecule has 1 heterocycles. The molecule has 0 aliphatic heterocycles. The van der Waals surface area contributed by atoms with Crippen molar-refractivity contribution in [2.75, 3.05) is 5.73 Å². The highest BCUT2D eigenvalue weighted by molar-refractivity contribution is 5.39. The van der Waals surface area contributed by atoms with E-state index in [9.17, 15) is 0 Å². The van der Waals surface area contributed by atoms with E-state index in [1.54, 1.807) is 0 Å². The van der Waals surface area contributed by atoms with Crippen LogP contribution in [0.4, 0.5) is 5.69 Å². The summed E-state index contributed by atoms with van der Waals surface area (Å²) in [4.78, 5) is 4.38. The molecule has 0 amide bonds. The average molecular weight is 215 g/mol. The lowest BCUT2D eigenvalue weighted by Gasteiger charge is -1.96. The van der Waals surface area contributed by atoms with E-state index in [1.807, 2.05) is 24.3 Å². The van der Waals surface area contributed by atoms with Crippen molar-refractivity contribution >= 4 is 5.69 Å². The van der Waals surface area contributed by atoms with Crippen molar-refractivity contribution in [2.45, 2.75) is 25.2 Å². The van der Waals surface area contributed by atoms with Crippen LogP contribution in [-0.2, 0) is 6.42 Å². The first kappa shape index (κ1) is 9.39. The van der Waals surface area contributed by atoms with Gasteiger partial charge in [-0.1, -0.05) is 17.3 Å². The van der Waals surface area contributed by atoms with Gasteiger partial charge in [-0.25, -0.2) is 0 Å². The van der Waals surface area contributed by atoms with Crippen LogP contribution in [0.3, 0.4) is 0 Å². The summed E-state index contributed by atoms with van der Waals surface area (Å²) < 4.78 is 5.21. The second-order valence-electron chi connectivity index (χ2n) is 4.24. The van der Waals surface area contributed by atoms with Crippen molar-refractivity contribution in [2.24, 2.45) is 0 Å². The Labute approximate surface area is 93.5 Å². The van der Waals surface area contributed by atoms with Crippen LogP contribution in [0.1, 0.15) is 36.0 Å². The summed E-state index contributed by atoms with van der Waals surface area (Å²) >= 11 is 0. The number of benzene rings is 1. The van der Waals surface area contributed by atoms with Crippen LogP contribution in [0.25, 0.3) is 0 Å². The lowest BCUT2D eigenvalue weighted by Crippen LogP contribution is -1.90. The van der Waals surface area contributed by atoms with E-state index in [1.165, 1.54) is 12.8 Å². The van der Waals surface area contributed by atoms with Crippen molar-refractivity contribution in [3.05, 3.63) is 41.5 Å². The van der Waals surface area contributed by atoms with Crippen LogP contribution in [0, 0.1) is 0 Å². The van der Waals surface area contributed by atoms with E-state index in [0.717, 1.165) is 17.1 Å². The van der Waals surface area contributed by atoms with Crippen LogP contribution in [0.2, 0.25) is 0 Å². The molecule has 0 unspecified atom stereocenters. The summed E-state index contributed by atoms with van der Waals surface area (Å²) in [7, 11) is 0. The minimum absolute atomic E-state index is 0.545. The summed E-state index contributed by atoms with van der Waals surface area (Å²) in [6.07, 6.45) is 3.07. The van der Waals surface area contributed by atoms with E-state index < -0.39 is 0 Å². The highest BCUT2D eigenvalue weighted by Gasteiger charge is 2.28. The maximum absolute atomic E-state index is 5.62. The Morgan fingerprint density at radius 1 is 1.25 bits per heavy atom. The molecule has 1 saturated carbocycles. The zero-order valence-corrected chi connectivity index (χ0v) is 8.89. The summed E-state index contributed by atoms with van der Waals surface area (Å²) in [5.41, 5.74) is 7.53.